The van der Waals surface area contributed by atoms with Gasteiger partial charge in [0.15, 0.2) is 0 Å². The number of nitrogens with one attached hydrogen (secondary N) is 1. The van der Waals surface area contributed by atoms with Crippen molar-refractivity contribution in [3.63, 3.8) is 0 Å². The lowest BCUT2D eigenvalue weighted by Gasteiger charge is -2.21. The van der Waals surface area contributed by atoms with Crippen molar-refractivity contribution >= 4 is 17.5 Å². The van der Waals surface area contributed by atoms with E-state index in [1.165, 1.54) is 5.56 Å². The maximum atomic E-state index is 12.0. The summed E-state index contributed by atoms with van der Waals surface area (Å²) in [5, 5.41) is 3.76. The highest BCUT2D eigenvalue weighted by Gasteiger charge is 2.44. The van der Waals surface area contributed by atoms with Crippen LogP contribution in [0.5, 0.6) is 0 Å². The second-order valence-electron chi connectivity index (χ2n) is 5.92. The number of hydrogen-bond acceptors (Lipinski definition) is 2. The van der Waals surface area contributed by atoms with E-state index >= 15 is 0 Å². The molecule has 0 heterocycles. The Balaban J connectivity index is 1.93. The van der Waals surface area contributed by atoms with Gasteiger partial charge in [-0.05, 0) is 36.5 Å². The summed E-state index contributed by atoms with van der Waals surface area (Å²) in [5.74, 6) is 0.167. The number of nitrogens with two attached hydrogens (primary N) is 1. The molecule has 1 saturated carbocycles. The fraction of sp³-hybridized carbons (Fsp3) is 0.562. The largest absolute Gasteiger partial charge is 0.354 e. The number of benzene rings is 1. The Morgan fingerprint density at radius 1 is 1.40 bits per heavy atom. The number of hydrogen-bond donors (Lipinski definition) is 2. The average Bonchev–Trinajstić information content (AvgIpc) is 3.25. The van der Waals surface area contributed by atoms with Gasteiger partial charge in [-0.3, -0.25) is 4.79 Å². The summed E-state index contributed by atoms with van der Waals surface area (Å²) in [6.45, 7) is 4.72. The van der Waals surface area contributed by atoms with Crippen LogP contribution in [0.1, 0.15) is 38.7 Å². The molecular weight excluding hydrogens is 272 g/mol. The van der Waals surface area contributed by atoms with Crippen molar-refractivity contribution in [2.24, 2.45) is 11.7 Å². The normalized spacial score (nSPS) is 19.2. The minimum Gasteiger partial charge on any atom is -0.354 e. The quantitative estimate of drug-likeness (QED) is 0.847. The molecule has 0 saturated heterocycles. The molecular formula is C16H23ClN2O. The molecule has 0 spiro atoms. The summed E-state index contributed by atoms with van der Waals surface area (Å²) in [6.07, 6.45) is 3.12. The molecule has 110 valence electrons. The van der Waals surface area contributed by atoms with E-state index in [4.69, 9.17) is 17.3 Å². The lowest BCUT2D eigenvalue weighted by molar-refractivity contribution is -0.123. The van der Waals surface area contributed by atoms with Gasteiger partial charge in [-0.25, -0.2) is 0 Å². The van der Waals surface area contributed by atoms with Gasteiger partial charge in [-0.2, -0.15) is 0 Å². The zero-order valence-electron chi connectivity index (χ0n) is 12.2. The van der Waals surface area contributed by atoms with Gasteiger partial charge in [0.1, 0.15) is 0 Å². The monoisotopic (exact) mass is 294 g/mol. The van der Waals surface area contributed by atoms with Crippen LogP contribution in [0.2, 0.25) is 5.02 Å². The van der Waals surface area contributed by atoms with E-state index in [0.29, 0.717) is 6.54 Å². The number of halogens is 1. The Kier molecular flexibility index (Phi) is 4.71. The van der Waals surface area contributed by atoms with Crippen LogP contribution in [0.4, 0.5) is 0 Å². The first-order valence-electron chi connectivity index (χ1n) is 7.28. The Labute approximate surface area is 125 Å². The van der Waals surface area contributed by atoms with Crippen LogP contribution >= 0.6 is 11.6 Å². The Morgan fingerprint density at radius 3 is 2.50 bits per heavy atom. The topological polar surface area (TPSA) is 55.1 Å². The van der Waals surface area contributed by atoms with Crippen LogP contribution in [0.25, 0.3) is 0 Å². The summed E-state index contributed by atoms with van der Waals surface area (Å²) in [7, 11) is 0. The second-order valence-corrected chi connectivity index (χ2v) is 6.35. The third kappa shape index (κ3) is 3.33. The van der Waals surface area contributed by atoms with Gasteiger partial charge >= 0.3 is 0 Å². The summed E-state index contributed by atoms with van der Waals surface area (Å²) in [4.78, 5) is 12.0. The molecule has 2 rings (SSSR count). The minimum atomic E-state index is -0.416. The van der Waals surface area contributed by atoms with Crippen LogP contribution < -0.4 is 11.1 Å². The molecule has 1 aliphatic carbocycles. The van der Waals surface area contributed by atoms with E-state index in [-0.39, 0.29) is 17.2 Å². The Morgan fingerprint density at radius 2 is 2.00 bits per heavy atom. The molecule has 3 nitrogen and oxygen atoms in total. The van der Waals surface area contributed by atoms with Crippen molar-refractivity contribution < 1.29 is 4.79 Å². The van der Waals surface area contributed by atoms with Gasteiger partial charge in [0.05, 0.1) is 6.04 Å². The molecule has 1 aliphatic rings. The lowest BCUT2D eigenvalue weighted by atomic mass is 9.95. The zero-order chi connectivity index (χ0) is 14.8. The molecule has 0 radical (unpaired) electrons. The van der Waals surface area contributed by atoms with Crippen LogP contribution in [0.3, 0.4) is 0 Å². The molecule has 1 aromatic carbocycles. The Hall–Kier alpha value is -1.06. The molecule has 0 aliphatic heterocycles. The lowest BCUT2D eigenvalue weighted by Crippen LogP contribution is -2.46. The third-order valence-corrected chi connectivity index (χ3v) is 4.72. The maximum absolute atomic E-state index is 12.0. The molecule has 1 fully saturated rings. The fourth-order valence-corrected chi connectivity index (χ4v) is 2.53. The van der Waals surface area contributed by atoms with Gasteiger partial charge in [-0.15, -0.1) is 0 Å². The van der Waals surface area contributed by atoms with Gasteiger partial charge in [0.2, 0.25) is 5.91 Å². The van der Waals surface area contributed by atoms with E-state index in [2.05, 4.69) is 17.4 Å². The first-order chi connectivity index (χ1) is 9.48. The van der Waals surface area contributed by atoms with E-state index in [9.17, 15) is 4.79 Å². The number of amides is 1. The molecule has 20 heavy (non-hydrogen) atoms. The van der Waals surface area contributed by atoms with Gasteiger partial charge < -0.3 is 11.1 Å². The van der Waals surface area contributed by atoms with Crippen molar-refractivity contribution in [1.29, 1.82) is 0 Å². The summed E-state index contributed by atoms with van der Waals surface area (Å²) in [6, 6.07) is 7.50. The fourth-order valence-electron chi connectivity index (χ4n) is 2.41. The summed E-state index contributed by atoms with van der Waals surface area (Å²) in [5.41, 5.74) is 7.29. The second kappa shape index (κ2) is 6.15. The summed E-state index contributed by atoms with van der Waals surface area (Å²) < 4.78 is 0. The summed E-state index contributed by atoms with van der Waals surface area (Å²) >= 11 is 5.92. The van der Waals surface area contributed by atoms with Crippen molar-refractivity contribution in [3.8, 4) is 0 Å². The molecule has 0 bridgehead atoms. The molecule has 0 aromatic heterocycles. The van der Waals surface area contributed by atoms with Crippen molar-refractivity contribution in [2.75, 3.05) is 6.54 Å². The minimum absolute atomic E-state index is 0.0420. The highest BCUT2D eigenvalue weighted by molar-refractivity contribution is 6.30. The van der Waals surface area contributed by atoms with Gasteiger partial charge in [0, 0.05) is 17.0 Å². The molecule has 4 heteroatoms. The first kappa shape index (κ1) is 15.3. The van der Waals surface area contributed by atoms with Gasteiger partial charge in [0.25, 0.3) is 0 Å². The predicted octanol–water partition coefficient (Wildman–Crippen LogP) is 2.86. The van der Waals surface area contributed by atoms with Crippen LogP contribution in [-0.4, -0.2) is 18.5 Å². The zero-order valence-corrected chi connectivity index (χ0v) is 12.9. The highest BCUT2D eigenvalue weighted by Crippen LogP contribution is 2.47. The molecule has 2 atom stereocenters. The molecule has 1 aromatic rings. The molecule has 3 N–H and O–H groups in total. The van der Waals surface area contributed by atoms with Crippen molar-refractivity contribution in [3.05, 3.63) is 34.9 Å². The number of rotatable bonds is 6. The Bertz CT molecular complexity index is 468. The SMILES string of the molecule is CCC(C)C(N)C(=O)NCC1(c2ccc(Cl)cc2)CC1. The van der Waals surface area contributed by atoms with Gasteiger partial charge in [-0.1, -0.05) is 44.0 Å². The van der Waals surface area contributed by atoms with Crippen LogP contribution in [0, 0.1) is 5.92 Å². The molecule has 1 amide bonds. The van der Waals surface area contributed by atoms with E-state index in [0.717, 1.165) is 24.3 Å². The molecule has 2 unspecified atom stereocenters. The standard InChI is InChI=1S/C16H23ClN2O/c1-3-11(2)14(18)15(20)19-10-16(8-9-16)12-4-6-13(17)7-5-12/h4-7,11,14H,3,8-10,18H2,1-2H3,(H,19,20). The third-order valence-electron chi connectivity index (χ3n) is 4.47. The smallest absolute Gasteiger partial charge is 0.237 e. The van der Waals surface area contributed by atoms with Crippen LogP contribution in [0.15, 0.2) is 24.3 Å². The number of carbonyl (C=O) groups is 1. The predicted molar refractivity (Wildman–Crippen MR) is 82.8 cm³/mol. The number of carbonyl (C=O) groups excluding carboxylic acids is 1. The average molecular weight is 295 g/mol. The van der Waals surface area contributed by atoms with Crippen molar-refractivity contribution in [2.45, 2.75) is 44.6 Å². The first-order valence-corrected chi connectivity index (χ1v) is 7.65. The van der Waals surface area contributed by atoms with E-state index in [1.54, 1.807) is 0 Å². The van der Waals surface area contributed by atoms with E-state index < -0.39 is 6.04 Å². The van der Waals surface area contributed by atoms with E-state index in [1.807, 2.05) is 26.0 Å². The van der Waals surface area contributed by atoms with Crippen LogP contribution in [-0.2, 0) is 10.2 Å². The highest BCUT2D eigenvalue weighted by atomic mass is 35.5. The van der Waals surface area contributed by atoms with Crippen molar-refractivity contribution in [1.82, 2.24) is 5.32 Å². The maximum Gasteiger partial charge on any atom is 0.237 e.